The Morgan fingerprint density at radius 3 is 2.27 bits per heavy atom. The summed E-state index contributed by atoms with van der Waals surface area (Å²) < 4.78 is 29.6. The van der Waals surface area contributed by atoms with E-state index in [9.17, 15) is 9.59 Å². The van der Waals surface area contributed by atoms with Crippen LogP contribution in [0.5, 0.6) is 0 Å². The van der Waals surface area contributed by atoms with E-state index in [0.717, 1.165) is 37.7 Å². The second kappa shape index (κ2) is 17.9. The zero-order chi connectivity index (χ0) is 29.5. The van der Waals surface area contributed by atoms with Crippen molar-refractivity contribution in [2.75, 3.05) is 13.7 Å². The van der Waals surface area contributed by atoms with Crippen molar-refractivity contribution in [1.29, 1.82) is 0 Å². The Bertz CT molecular complexity index is 1010. The monoisotopic (exact) mass is 568 g/mol. The van der Waals surface area contributed by atoms with E-state index in [4.69, 9.17) is 23.7 Å². The van der Waals surface area contributed by atoms with Crippen molar-refractivity contribution in [3.63, 3.8) is 0 Å². The van der Waals surface area contributed by atoms with Crippen molar-refractivity contribution in [2.45, 2.75) is 109 Å². The number of benzene rings is 2. The minimum Gasteiger partial charge on any atom is -0.466 e. The number of carbonyl (C=O) groups excluding carboxylic acids is 2. The molecule has 1 fully saturated rings. The summed E-state index contributed by atoms with van der Waals surface area (Å²) in [5.74, 6) is -0.232. The highest BCUT2D eigenvalue weighted by Gasteiger charge is 2.33. The SMILES string of the molecule is CCC[C@@H](C[C@H](C[C@H](C)C[C@@H]1C[C@@H](OCc2ccccc2)C[C@H](CC(=O)OCC)O1)OC)OC(=O)c1ccccc1. The molecule has 6 atom stereocenters. The number of esters is 2. The fraction of sp³-hybridized carbons (Fsp3) is 0.588. The fourth-order valence-electron chi connectivity index (χ4n) is 5.60. The summed E-state index contributed by atoms with van der Waals surface area (Å²) in [5, 5.41) is 0. The molecule has 0 aromatic heterocycles. The Morgan fingerprint density at radius 1 is 0.927 bits per heavy atom. The first-order valence-corrected chi connectivity index (χ1v) is 15.1. The van der Waals surface area contributed by atoms with E-state index in [1.807, 2.05) is 43.3 Å². The third kappa shape index (κ3) is 12.0. The molecule has 1 aliphatic rings. The average Bonchev–Trinajstić information content (AvgIpc) is 2.96. The van der Waals surface area contributed by atoms with E-state index in [1.54, 1.807) is 19.2 Å². The van der Waals surface area contributed by atoms with E-state index in [1.165, 1.54) is 0 Å². The summed E-state index contributed by atoms with van der Waals surface area (Å²) >= 11 is 0. The maximum absolute atomic E-state index is 12.7. The van der Waals surface area contributed by atoms with Gasteiger partial charge in [-0.2, -0.15) is 0 Å². The van der Waals surface area contributed by atoms with Gasteiger partial charge in [-0.3, -0.25) is 4.79 Å². The number of hydrogen-bond acceptors (Lipinski definition) is 7. The van der Waals surface area contributed by atoms with Gasteiger partial charge in [0.15, 0.2) is 0 Å². The molecule has 1 aliphatic heterocycles. The molecule has 0 amide bonds. The van der Waals surface area contributed by atoms with Crippen LogP contribution in [0.4, 0.5) is 0 Å². The molecule has 226 valence electrons. The highest BCUT2D eigenvalue weighted by Crippen LogP contribution is 2.31. The van der Waals surface area contributed by atoms with Gasteiger partial charge in [-0.25, -0.2) is 4.79 Å². The molecule has 3 rings (SSSR count). The molecule has 2 aromatic carbocycles. The van der Waals surface area contributed by atoms with Gasteiger partial charge < -0.3 is 23.7 Å². The minimum atomic E-state index is -0.295. The van der Waals surface area contributed by atoms with Crippen LogP contribution >= 0.6 is 0 Å². The number of methoxy groups -OCH3 is 1. The van der Waals surface area contributed by atoms with Crippen molar-refractivity contribution in [3.8, 4) is 0 Å². The number of hydrogen-bond donors (Lipinski definition) is 0. The van der Waals surface area contributed by atoms with E-state index < -0.39 is 0 Å². The Labute approximate surface area is 245 Å². The topological polar surface area (TPSA) is 80.3 Å². The lowest BCUT2D eigenvalue weighted by Gasteiger charge is -2.36. The Morgan fingerprint density at radius 2 is 1.61 bits per heavy atom. The lowest BCUT2D eigenvalue weighted by Crippen LogP contribution is -2.39. The van der Waals surface area contributed by atoms with E-state index in [-0.39, 0.29) is 48.9 Å². The quantitative estimate of drug-likeness (QED) is 0.192. The van der Waals surface area contributed by atoms with Gasteiger partial charge in [0.05, 0.1) is 49.6 Å². The first-order chi connectivity index (χ1) is 19.9. The molecule has 0 saturated carbocycles. The smallest absolute Gasteiger partial charge is 0.338 e. The zero-order valence-electron chi connectivity index (χ0n) is 25.2. The predicted molar refractivity (Wildman–Crippen MR) is 159 cm³/mol. The molecule has 41 heavy (non-hydrogen) atoms. The Balaban J connectivity index is 1.56. The zero-order valence-corrected chi connectivity index (χ0v) is 25.2. The van der Waals surface area contributed by atoms with Crippen molar-refractivity contribution in [2.24, 2.45) is 5.92 Å². The van der Waals surface area contributed by atoms with Gasteiger partial charge in [0.25, 0.3) is 0 Å². The summed E-state index contributed by atoms with van der Waals surface area (Å²) in [4.78, 5) is 24.9. The van der Waals surface area contributed by atoms with Crippen LogP contribution in [0.3, 0.4) is 0 Å². The normalized spacial score (nSPS) is 21.0. The Kier molecular flexibility index (Phi) is 14.3. The largest absolute Gasteiger partial charge is 0.466 e. The maximum Gasteiger partial charge on any atom is 0.338 e. The summed E-state index contributed by atoms with van der Waals surface area (Å²) in [6, 6.07) is 19.2. The Hall–Kier alpha value is -2.74. The van der Waals surface area contributed by atoms with Crippen LogP contribution in [-0.2, 0) is 35.1 Å². The van der Waals surface area contributed by atoms with Crippen LogP contribution < -0.4 is 0 Å². The lowest BCUT2D eigenvalue weighted by atomic mass is 9.89. The molecular formula is C34H48O7. The number of rotatable bonds is 17. The third-order valence-corrected chi connectivity index (χ3v) is 7.55. The molecular weight excluding hydrogens is 520 g/mol. The second-order valence-electron chi connectivity index (χ2n) is 11.1. The summed E-state index contributed by atoms with van der Waals surface area (Å²) in [6.07, 6.45) is 5.16. The summed E-state index contributed by atoms with van der Waals surface area (Å²) in [7, 11) is 1.72. The predicted octanol–water partition coefficient (Wildman–Crippen LogP) is 6.92. The van der Waals surface area contributed by atoms with Gasteiger partial charge in [0, 0.05) is 20.0 Å². The maximum atomic E-state index is 12.7. The summed E-state index contributed by atoms with van der Waals surface area (Å²) in [5.41, 5.74) is 1.69. The fourth-order valence-corrected chi connectivity index (χ4v) is 5.60. The first-order valence-electron chi connectivity index (χ1n) is 15.1. The molecule has 1 saturated heterocycles. The second-order valence-corrected chi connectivity index (χ2v) is 11.1. The van der Waals surface area contributed by atoms with E-state index in [2.05, 4.69) is 26.0 Å². The van der Waals surface area contributed by atoms with Crippen molar-refractivity contribution >= 4 is 11.9 Å². The molecule has 0 radical (unpaired) electrons. The van der Waals surface area contributed by atoms with Gasteiger partial charge in [0.1, 0.15) is 6.10 Å². The minimum absolute atomic E-state index is 0.00476. The molecule has 1 heterocycles. The van der Waals surface area contributed by atoms with Gasteiger partial charge in [-0.05, 0) is 56.2 Å². The standard InChI is InChI=1S/C34H48O7/c1-5-13-28(41-34(36)27-16-11-8-12-17-27)20-29(37-4)18-25(3)19-31-21-30(39-24-26-14-9-7-10-15-26)22-32(40-31)23-33(35)38-6-2/h7-12,14-17,25,28-32H,5-6,13,18-24H2,1-4H3/t25-,28-,29-,30+,31+,32+/m0/s1. The summed E-state index contributed by atoms with van der Waals surface area (Å²) in [6.45, 7) is 7.01. The molecule has 7 nitrogen and oxygen atoms in total. The lowest BCUT2D eigenvalue weighted by molar-refractivity contribution is -0.157. The van der Waals surface area contributed by atoms with Gasteiger partial charge in [-0.15, -0.1) is 0 Å². The van der Waals surface area contributed by atoms with Gasteiger partial charge in [0.2, 0.25) is 0 Å². The number of carbonyl (C=O) groups is 2. The molecule has 0 bridgehead atoms. The van der Waals surface area contributed by atoms with Crippen LogP contribution in [0.2, 0.25) is 0 Å². The van der Waals surface area contributed by atoms with Crippen LogP contribution in [0.25, 0.3) is 0 Å². The first kappa shape index (κ1) is 32.8. The third-order valence-electron chi connectivity index (χ3n) is 7.55. The van der Waals surface area contributed by atoms with Crippen LogP contribution in [0, 0.1) is 5.92 Å². The number of ether oxygens (including phenoxy) is 5. The highest BCUT2D eigenvalue weighted by atomic mass is 16.6. The van der Waals surface area contributed by atoms with E-state index in [0.29, 0.717) is 37.5 Å². The van der Waals surface area contributed by atoms with E-state index >= 15 is 0 Å². The van der Waals surface area contributed by atoms with Crippen molar-refractivity contribution < 1.29 is 33.3 Å². The van der Waals surface area contributed by atoms with Crippen LogP contribution in [0.15, 0.2) is 60.7 Å². The van der Waals surface area contributed by atoms with Crippen LogP contribution in [0.1, 0.15) is 88.1 Å². The van der Waals surface area contributed by atoms with Gasteiger partial charge >= 0.3 is 11.9 Å². The molecule has 0 spiro atoms. The molecule has 7 heteroatoms. The average molecular weight is 569 g/mol. The molecule has 0 aliphatic carbocycles. The molecule has 2 aromatic rings. The highest BCUT2D eigenvalue weighted by molar-refractivity contribution is 5.89. The van der Waals surface area contributed by atoms with Gasteiger partial charge in [-0.1, -0.05) is 68.8 Å². The van der Waals surface area contributed by atoms with Crippen molar-refractivity contribution in [1.82, 2.24) is 0 Å². The van der Waals surface area contributed by atoms with Crippen LogP contribution in [-0.4, -0.2) is 56.2 Å². The van der Waals surface area contributed by atoms with Crippen molar-refractivity contribution in [3.05, 3.63) is 71.8 Å². The molecule has 0 N–H and O–H groups in total. The molecule has 0 unspecified atom stereocenters.